The molecule has 14 heteroatoms. The van der Waals surface area contributed by atoms with E-state index >= 15 is 0 Å². The van der Waals surface area contributed by atoms with E-state index in [0.717, 1.165) is 88.3 Å². The van der Waals surface area contributed by atoms with Crippen molar-refractivity contribution in [2.75, 3.05) is 20.8 Å². The van der Waals surface area contributed by atoms with E-state index in [9.17, 15) is 19.2 Å². The summed E-state index contributed by atoms with van der Waals surface area (Å²) in [6, 6.07) is 21.4. The number of fused-ring (bicyclic) bond motifs is 3. The third-order valence-electron chi connectivity index (χ3n) is 12.6. The number of ether oxygens (including phenoxy) is 2. The van der Waals surface area contributed by atoms with Gasteiger partial charge in [0.2, 0.25) is 11.8 Å². The fraction of sp³-hybridized carbons (Fsp3) is 0.435. The summed E-state index contributed by atoms with van der Waals surface area (Å²) in [6.45, 7) is 8.27. The van der Waals surface area contributed by atoms with E-state index in [2.05, 4.69) is 81.3 Å². The van der Waals surface area contributed by atoms with Crippen LogP contribution < -0.4 is 10.6 Å². The predicted molar refractivity (Wildman–Crippen MR) is 227 cm³/mol. The Kier molecular flexibility index (Phi) is 11.4. The SMILES string of the molecule is COC(=O)N[C@H](C(=O)N1CCC[C@H]1c1nc2ccc(-c3ccc(-c4ccc(-c5cnc([C@@H]6[C@@H]7CC[C@@H](C7)N6C(=O)[C@@H](NC(=O)OC)C(C)C)[nH]5)cc4)cc3)cc2[nH]1)C(C)C. The van der Waals surface area contributed by atoms with Crippen molar-refractivity contribution in [3.05, 3.63) is 84.6 Å². The number of nitrogens with zero attached hydrogens (tertiary/aromatic N) is 4. The second-order valence-corrected chi connectivity index (χ2v) is 17.0. The minimum Gasteiger partial charge on any atom is -0.453 e. The zero-order valence-corrected chi connectivity index (χ0v) is 35.0. The number of nitrogens with one attached hydrogen (secondary N) is 4. The molecule has 2 aliphatic heterocycles. The van der Waals surface area contributed by atoms with Crippen molar-refractivity contribution in [1.82, 2.24) is 40.4 Å². The molecule has 0 radical (unpaired) electrons. The smallest absolute Gasteiger partial charge is 0.407 e. The first-order valence-electron chi connectivity index (χ1n) is 21.0. The summed E-state index contributed by atoms with van der Waals surface area (Å²) in [7, 11) is 2.60. The number of aromatic amines is 2. The van der Waals surface area contributed by atoms with Gasteiger partial charge >= 0.3 is 12.2 Å². The lowest BCUT2D eigenvalue weighted by Gasteiger charge is -2.37. The van der Waals surface area contributed by atoms with Gasteiger partial charge in [0.15, 0.2) is 0 Å². The molecule has 2 bridgehead atoms. The van der Waals surface area contributed by atoms with Crippen molar-refractivity contribution in [2.45, 2.75) is 90.0 Å². The van der Waals surface area contributed by atoms with Gasteiger partial charge < -0.3 is 39.9 Å². The van der Waals surface area contributed by atoms with Crippen LogP contribution in [-0.4, -0.2) is 92.6 Å². The van der Waals surface area contributed by atoms with Crippen LogP contribution in [0.15, 0.2) is 72.9 Å². The summed E-state index contributed by atoms with van der Waals surface area (Å²) >= 11 is 0. The number of imidazole rings is 2. The number of rotatable bonds is 11. The fourth-order valence-electron chi connectivity index (χ4n) is 9.41. The third kappa shape index (κ3) is 7.82. The molecule has 3 fully saturated rings. The Morgan fingerprint density at radius 2 is 1.30 bits per heavy atom. The van der Waals surface area contributed by atoms with Crippen molar-refractivity contribution in [1.29, 1.82) is 0 Å². The molecule has 2 saturated heterocycles. The molecule has 0 spiro atoms. The van der Waals surface area contributed by atoms with Gasteiger partial charge in [-0.3, -0.25) is 9.59 Å². The molecule has 5 aromatic rings. The lowest BCUT2D eigenvalue weighted by atomic mass is 9.95. The molecular formula is C46H54N8O6. The van der Waals surface area contributed by atoms with Crippen molar-refractivity contribution in [3.8, 4) is 33.5 Å². The lowest BCUT2D eigenvalue weighted by molar-refractivity contribution is -0.139. The maximum atomic E-state index is 13.9. The number of benzene rings is 3. The van der Waals surface area contributed by atoms with Crippen LogP contribution in [-0.2, 0) is 19.1 Å². The van der Waals surface area contributed by atoms with E-state index in [0.29, 0.717) is 12.5 Å². The minimum atomic E-state index is -0.689. The van der Waals surface area contributed by atoms with Crippen molar-refractivity contribution in [3.63, 3.8) is 0 Å². The number of likely N-dealkylation sites (tertiary alicyclic amines) is 2. The fourth-order valence-corrected chi connectivity index (χ4v) is 9.41. The molecule has 1 saturated carbocycles. The van der Waals surface area contributed by atoms with Gasteiger partial charge in [0, 0.05) is 12.6 Å². The Hall–Kier alpha value is -6.18. The molecule has 6 atom stereocenters. The number of aromatic nitrogens is 4. The van der Waals surface area contributed by atoms with Gasteiger partial charge in [0.1, 0.15) is 23.7 Å². The summed E-state index contributed by atoms with van der Waals surface area (Å²) in [5.41, 5.74) is 7.89. The van der Waals surface area contributed by atoms with Gasteiger partial charge in [-0.25, -0.2) is 19.6 Å². The molecule has 314 valence electrons. The molecule has 2 aromatic heterocycles. The maximum Gasteiger partial charge on any atom is 0.407 e. The van der Waals surface area contributed by atoms with Crippen LogP contribution in [0.5, 0.6) is 0 Å². The summed E-state index contributed by atoms with van der Waals surface area (Å²) in [6.07, 6.45) is 5.18. The summed E-state index contributed by atoms with van der Waals surface area (Å²) < 4.78 is 9.60. The Morgan fingerprint density at radius 1 is 0.717 bits per heavy atom. The molecule has 14 nitrogen and oxygen atoms in total. The zero-order chi connectivity index (χ0) is 42.2. The summed E-state index contributed by atoms with van der Waals surface area (Å²) in [5.74, 6) is 1.40. The molecule has 0 unspecified atom stereocenters. The van der Waals surface area contributed by atoms with Gasteiger partial charge in [0.05, 0.1) is 49.2 Å². The highest BCUT2D eigenvalue weighted by Crippen LogP contribution is 2.50. The number of amides is 4. The first-order chi connectivity index (χ1) is 28.9. The summed E-state index contributed by atoms with van der Waals surface area (Å²) in [4.78, 5) is 72.2. The highest BCUT2D eigenvalue weighted by molar-refractivity contribution is 5.88. The molecule has 3 aromatic carbocycles. The molecule has 4 amide bonds. The van der Waals surface area contributed by atoms with E-state index in [1.165, 1.54) is 14.2 Å². The van der Waals surface area contributed by atoms with Crippen molar-refractivity contribution >= 4 is 35.0 Å². The van der Waals surface area contributed by atoms with Crippen molar-refractivity contribution < 1.29 is 28.7 Å². The first-order valence-corrected chi connectivity index (χ1v) is 21.0. The van der Waals surface area contributed by atoms with E-state index < -0.39 is 24.3 Å². The number of alkyl carbamates (subject to hydrolysis) is 2. The van der Waals surface area contributed by atoms with Gasteiger partial charge in [0.25, 0.3) is 0 Å². The zero-order valence-electron chi connectivity index (χ0n) is 35.0. The number of carbonyl (C=O) groups excluding carboxylic acids is 4. The highest BCUT2D eigenvalue weighted by Gasteiger charge is 2.51. The average molecular weight is 815 g/mol. The summed E-state index contributed by atoms with van der Waals surface area (Å²) in [5, 5.41) is 5.47. The minimum absolute atomic E-state index is 0.0919. The number of H-pyrrole nitrogens is 2. The Balaban J connectivity index is 0.947. The van der Waals surface area contributed by atoms with Crippen LogP contribution in [0.25, 0.3) is 44.5 Å². The molecule has 1 aliphatic carbocycles. The van der Waals surface area contributed by atoms with Gasteiger partial charge in [-0.2, -0.15) is 0 Å². The number of methoxy groups -OCH3 is 2. The third-order valence-corrected chi connectivity index (χ3v) is 12.6. The monoisotopic (exact) mass is 814 g/mol. The van der Waals surface area contributed by atoms with Crippen molar-refractivity contribution in [2.24, 2.45) is 17.8 Å². The number of carbonyl (C=O) groups is 4. The molecular weight excluding hydrogens is 761 g/mol. The van der Waals surface area contributed by atoms with E-state index in [4.69, 9.17) is 19.4 Å². The number of hydrogen-bond acceptors (Lipinski definition) is 8. The second-order valence-electron chi connectivity index (χ2n) is 17.0. The lowest BCUT2D eigenvalue weighted by Crippen LogP contribution is -2.54. The maximum absolute atomic E-state index is 13.9. The molecule has 60 heavy (non-hydrogen) atoms. The van der Waals surface area contributed by atoms with E-state index in [1.807, 2.05) is 49.8 Å². The van der Waals surface area contributed by atoms with Crippen LogP contribution >= 0.6 is 0 Å². The van der Waals surface area contributed by atoms with Crippen LogP contribution in [0.2, 0.25) is 0 Å². The number of piperidine rings is 1. The standard InChI is InChI=1S/C46H54N8O6/c1-25(2)38(51-45(57)59-5)43(55)53-21-7-8-37(53)41-48-34-20-18-31(23-35(34)49-41)29-11-9-27(10-12-29)28-13-15-30(16-14-28)36-24-47-42(50-36)40-32-17-19-33(22-32)54(40)44(56)39(26(3)4)52-46(58)60-6/h9-16,18,20,23-26,32-33,37-40H,7-8,17,19,21-22H2,1-6H3,(H,47,50)(H,48,49)(H,51,57)(H,52,58)/t32-,33+,37+,38+,39+,40+/m1/s1. The van der Waals surface area contributed by atoms with Crippen LogP contribution in [0.1, 0.15) is 83.5 Å². The molecule has 8 rings (SSSR count). The van der Waals surface area contributed by atoms with Gasteiger partial charge in [-0.05, 0) is 89.8 Å². The predicted octanol–water partition coefficient (Wildman–Crippen LogP) is 7.76. The molecule has 4 heterocycles. The van der Waals surface area contributed by atoms with Crippen LogP contribution in [0.3, 0.4) is 0 Å². The average Bonchev–Trinajstić information content (AvgIpc) is 4.12. The highest BCUT2D eigenvalue weighted by atomic mass is 16.5. The number of hydrogen-bond donors (Lipinski definition) is 4. The Morgan fingerprint density at radius 3 is 1.92 bits per heavy atom. The van der Waals surface area contributed by atoms with E-state index in [-0.39, 0.29) is 41.8 Å². The molecule has 3 aliphatic rings. The quantitative estimate of drug-likeness (QED) is 0.105. The van der Waals surface area contributed by atoms with Crippen LogP contribution in [0.4, 0.5) is 9.59 Å². The van der Waals surface area contributed by atoms with Gasteiger partial charge in [-0.1, -0.05) is 82.3 Å². The largest absolute Gasteiger partial charge is 0.453 e. The van der Waals surface area contributed by atoms with E-state index in [1.54, 1.807) is 0 Å². The normalized spacial score (nSPS) is 20.8. The van der Waals surface area contributed by atoms with Gasteiger partial charge in [-0.15, -0.1) is 0 Å². The topological polar surface area (TPSA) is 175 Å². The second kappa shape index (κ2) is 16.8. The Labute approximate surface area is 349 Å². The molecule has 4 N–H and O–H groups in total. The first kappa shape index (κ1) is 40.6. The van der Waals surface area contributed by atoms with Crippen LogP contribution in [0, 0.1) is 17.8 Å². The Bertz CT molecular complexity index is 2370.